The predicted octanol–water partition coefficient (Wildman–Crippen LogP) is 3.04. The number of hydrogen-bond acceptors (Lipinski definition) is 9. The fourth-order valence-corrected chi connectivity index (χ4v) is 4.97. The zero-order valence-electron chi connectivity index (χ0n) is 22.1. The third-order valence-electron chi connectivity index (χ3n) is 5.75. The maximum absolute atomic E-state index is 13.6. The first-order chi connectivity index (χ1) is 18.7. The molecule has 1 atom stereocenters. The van der Waals surface area contributed by atoms with E-state index in [1.165, 1.54) is 65.9 Å². The van der Waals surface area contributed by atoms with Crippen LogP contribution >= 0.6 is 0 Å². The third kappa shape index (κ3) is 6.98. The number of benzene rings is 3. The molecule has 3 aromatic carbocycles. The molecule has 3 rings (SSSR count). The summed E-state index contributed by atoms with van der Waals surface area (Å²) < 4.78 is 55.0. The van der Waals surface area contributed by atoms with Gasteiger partial charge in [-0.3, -0.25) is 4.79 Å². The molecule has 12 heteroatoms. The first-order valence-corrected chi connectivity index (χ1v) is 13.1. The van der Waals surface area contributed by atoms with E-state index >= 15 is 0 Å². The summed E-state index contributed by atoms with van der Waals surface area (Å²) >= 11 is 0. The summed E-state index contributed by atoms with van der Waals surface area (Å²) in [4.78, 5) is 25.9. The van der Waals surface area contributed by atoms with E-state index in [1.807, 2.05) is 0 Å². The SMILES string of the molecule is COC(=O)c1cc(OC)c(OC)cc1NC(=O)[C@@H](Cc1ccccc1)NS(=O)(=O)c1ccc(OC)c(OC)c1. The number of amides is 1. The van der Waals surface area contributed by atoms with E-state index in [0.717, 1.165) is 0 Å². The number of ether oxygens (including phenoxy) is 5. The summed E-state index contributed by atoms with van der Waals surface area (Å²) in [5.41, 5.74) is 0.741. The van der Waals surface area contributed by atoms with E-state index in [1.54, 1.807) is 30.3 Å². The van der Waals surface area contributed by atoms with Crippen molar-refractivity contribution in [1.82, 2.24) is 4.72 Å². The van der Waals surface area contributed by atoms with Crippen molar-refractivity contribution in [1.29, 1.82) is 0 Å². The number of sulfonamides is 1. The lowest BCUT2D eigenvalue weighted by atomic mass is 10.1. The highest BCUT2D eigenvalue weighted by atomic mass is 32.2. The lowest BCUT2D eigenvalue weighted by molar-refractivity contribution is -0.117. The average Bonchev–Trinajstić information content (AvgIpc) is 2.96. The number of nitrogens with one attached hydrogen (secondary N) is 2. The molecule has 0 aliphatic heterocycles. The molecule has 0 heterocycles. The lowest BCUT2D eigenvalue weighted by Crippen LogP contribution is -2.45. The van der Waals surface area contributed by atoms with E-state index in [4.69, 9.17) is 23.7 Å². The van der Waals surface area contributed by atoms with Crippen molar-refractivity contribution in [3.05, 3.63) is 71.8 Å². The van der Waals surface area contributed by atoms with Gasteiger partial charge in [-0.25, -0.2) is 13.2 Å². The van der Waals surface area contributed by atoms with Gasteiger partial charge in [0.2, 0.25) is 15.9 Å². The Morgan fingerprint density at radius 2 is 1.36 bits per heavy atom. The van der Waals surface area contributed by atoms with Crippen LogP contribution in [0.3, 0.4) is 0 Å². The van der Waals surface area contributed by atoms with Crippen LogP contribution in [0.4, 0.5) is 5.69 Å². The number of carbonyl (C=O) groups excluding carboxylic acids is 2. The van der Waals surface area contributed by atoms with E-state index in [-0.39, 0.29) is 39.8 Å². The van der Waals surface area contributed by atoms with Gasteiger partial charge < -0.3 is 29.0 Å². The van der Waals surface area contributed by atoms with Crippen molar-refractivity contribution in [2.45, 2.75) is 17.4 Å². The van der Waals surface area contributed by atoms with Crippen molar-refractivity contribution in [2.75, 3.05) is 40.9 Å². The normalized spacial score (nSPS) is 11.7. The molecule has 0 saturated carbocycles. The first kappa shape index (κ1) is 29.3. The molecular formula is C27H30N2O9S. The van der Waals surface area contributed by atoms with Crippen LogP contribution < -0.4 is 29.0 Å². The van der Waals surface area contributed by atoms with Crippen molar-refractivity contribution in [2.24, 2.45) is 0 Å². The number of carbonyl (C=O) groups is 2. The van der Waals surface area contributed by atoms with Crippen LogP contribution in [0.1, 0.15) is 15.9 Å². The fourth-order valence-electron chi connectivity index (χ4n) is 3.76. The maximum atomic E-state index is 13.6. The Morgan fingerprint density at radius 3 is 1.95 bits per heavy atom. The zero-order valence-corrected chi connectivity index (χ0v) is 23.0. The van der Waals surface area contributed by atoms with Crippen LogP contribution in [-0.2, 0) is 26.0 Å². The summed E-state index contributed by atoms with van der Waals surface area (Å²) in [6, 6.07) is 14.4. The van der Waals surface area contributed by atoms with Gasteiger partial charge >= 0.3 is 5.97 Å². The van der Waals surface area contributed by atoms with E-state index < -0.39 is 27.9 Å². The van der Waals surface area contributed by atoms with Gasteiger partial charge in [-0.15, -0.1) is 0 Å². The second kappa shape index (κ2) is 13.0. The molecule has 3 aromatic rings. The maximum Gasteiger partial charge on any atom is 0.340 e. The quantitative estimate of drug-likeness (QED) is 0.321. The predicted molar refractivity (Wildman–Crippen MR) is 143 cm³/mol. The minimum Gasteiger partial charge on any atom is -0.493 e. The van der Waals surface area contributed by atoms with Crippen LogP contribution in [0.15, 0.2) is 65.6 Å². The Morgan fingerprint density at radius 1 is 0.769 bits per heavy atom. The molecule has 0 aromatic heterocycles. The second-order valence-corrected chi connectivity index (χ2v) is 9.83. The smallest absolute Gasteiger partial charge is 0.340 e. The highest BCUT2D eigenvalue weighted by Crippen LogP contribution is 2.34. The van der Waals surface area contributed by atoms with Crippen LogP contribution in [-0.4, -0.2) is 61.9 Å². The first-order valence-electron chi connectivity index (χ1n) is 11.6. The van der Waals surface area contributed by atoms with E-state index in [0.29, 0.717) is 11.3 Å². The molecule has 0 saturated heterocycles. The monoisotopic (exact) mass is 558 g/mol. The van der Waals surface area contributed by atoms with Crippen molar-refractivity contribution in [3.63, 3.8) is 0 Å². The molecule has 39 heavy (non-hydrogen) atoms. The Hall–Kier alpha value is -4.29. The molecule has 0 spiro atoms. The summed E-state index contributed by atoms with van der Waals surface area (Å²) in [6.07, 6.45) is 0.0139. The number of esters is 1. The summed E-state index contributed by atoms with van der Waals surface area (Å²) in [6.45, 7) is 0. The van der Waals surface area contributed by atoms with Crippen LogP contribution in [0.25, 0.3) is 0 Å². The third-order valence-corrected chi connectivity index (χ3v) is 7.22. The number of rotatable bonds is 12. The molecule has 0 radical (unpaired) electrons. The molecular weight excluding hydrogens is 528 g/mol. The second-order valence-electron chi connectivity index (χ2n) is 8.11. The molecule has 208 valence electrons. The number of anilines is 1. The fraction of sp³-hybridized carbons (Fsp3) is 0.259. The molecule has 2 N–H and O–H groups in total. The molecule has 0 aliphatic rings. The van der Waals surface area contributed by atoms with Gasteiger partial charge in [0.25, 0.3) is 0 Å². The minimum atomic E-state index is -4.21. The van der Waals surface area contributed by atoms with Crippen molar-refractivity contribution < 1.29 is 41.7 Å². The Balaban J connectivity index is 2.01. The van der Waals surface area contributed by atoms with Gasteiger partial charge in [-0.2, -0.15) is 4.72 Å². The summed E-state index contributed by atoms with van der Waals surface area (Å²) in [7, 11) is 2.60. The van der Waals surface area contributed by atoms with E-state index in [2.05, 4.69) is 10.0 Å². The van der Waals surface area contributed by atoms with Gasteiger partial charge in [0, 0.05) is 18.2 Å². The van der Waals surface area contributed by atoms with Crippen LogP contribution in [0.5, 0.6) is 23.0 Å². The largest absolute Gasteiger partial charge is 0.493 e. The van der Waals surface area contributed by atoms with E-state index in [9.17, 15) is 18.0 Å². The minimum absolute atomic E-state index is 0.00953. The Labute approximate surface area is 227 Å². The molecule has 0 aliphatic carbocycles. The zero-order chi connectivity index (χ0) is 28.6. The lowest BCUT2D eigenvalue weighted by Gasteiger charge is -2.21. The highest BCUT2D eigenvalue weighted by Gasteiger charge is 2.29. The summed E-state index contributed by atoms with van der Waals surface area (Å²) in [5.74, 6) is -0.426. The van der Waals surface area contributed by atoms with Crippen LogP contribution in [0, 0.1) is 0 Å². The van der Waals surface area contributed by atoms with Gasteiger partial charge in [0.05, 0.1) is 51.7 Å². The van der Waals surface area contributed by atoms with Crippen LogP contribution in [0.2, 0.25) is 0 Å². The molecule has 0 bridgehead atoms. The molecule has 0 fully saturated rings. The highest BCUT2D eigenvalue weighted by molar-refractivity contribution is 7.89. The van der Waals surface area contributed by atoms with Crippen molar-refractivity contribution >= 4 is 27.6 Å². The topological polar surface area (TPSA) is 138 Å². The Kier molecular flexibility index (Phi) is 9.74. The summed E-state index contributed by atoms with van der Waals surface area (Å²) in [5, 5.41) is 2.64. The van der Waals surface area contributed by atoms with Gasteiger partial charge in [-0.1, -0.05) is 30.3 Å². The van der Waals surface area contributed by atoms with Gasteiger partial charge in [-0.05, 0) is 24.1 Å². The number of hydrogen-bond donors (Lipinski definition) is 2. The molecule has 0 unspecified atom stereocenters. The average molecular weight is 559 g/mol. The van der Waals surface area contributed by atoms with Gasteiger partial charge in [0.15, 0.2) is 23.0 Å². The Bertz CT molecular complexity index is 1430. The standard InChI is InChI=1S/C27H30N2O9S/c1-34-22-12-11-18(14-23(22)35-2)39(32,33)29-21(13-17-9-7-6-8-10-17)26(30)28-20-16-25(37-4)24(36-3)15-19(20)27(31)38-5/h6-12,14-16,21,29H,13H2,1-5H3,(H,28,30)/t21-/m1/s1. The van der Waals surface area contributed by atoms with Crippen molar-refractivity contribution in [3.8, 4) is 23.0 Å². The van der Waals surface area contributed by atoms with Gasteiger partial charge in [0.1, 0.15) is 6.04 Å². The number of methoxy groups -OCH3 is 5. The molecule has 11 nitrogen and oxygen atoms in total. The molecule has 1 amide bonds.